The summed E-state index contributed by atoms with van der Waals surface area (Å²) >= 11 is 0. The molecule has 0 amide bonds. The zero-order chi connectivity index (χ0) is 18.7. The van der Waals surface area contributed by atoms with E-state index in [-0.39, 0.29) is 17.1 Å². The third kappa shape index (κ3) is 2.32. The van der Waals surface area contributed by atoms with E-state index in [0.717, 1.165) is 25.0 Å². The van der Waals surface area contributed by atoms with Gasteiger partial charge in [-0.2, -0.15) is 0 Å². The molecule has 4 rings (SSSR count). The molecule has 0 aliphatic heterocycles. The molecule has 1 aromatic carbocycles. The van der Waals surface area contributed by atoms with Crippen LogP contribution in [0.2, 0.25) is 0 Å². The van der Waals surface area contributed by atoms with Crippen molar-refractivity contribution in [3.8, 4) is 5.75 Å². The highest BCUT2D eigenvalue weighted by Gasteiger charge is 2.66. The van der Waals surface area contributed by atoms with Crippen LogP contribution in [0.3, 0.4) is 0 Å². The van der Waals surface area contributed by atoms with Crippen molar-refractivity contribution in [3.05, 3.63) is 29.3 Å². The first-order chi connectivity index (χ1) is 12.4. The molecule has 3 nitrogen and oxygen atoms in total. The second-order valence-corrected chi connectivity index (χ2v) is 9.43. The van der Waals surface area contributed by atoms with Gasteiger partial charge in [0.05, 0.1) is 18.8 Å². The molecule has 6 atom stereocenters. The maximum Gasteiger partial charge on any atom is 0.119 e. The van der Waals surface area contributed by atoms with Crippen LogP contribution >= 0.6 is 0 Å². The number of aliphatic hydroxyl groups excluding tert-OH is 1. The summed E-state index contributed by atoms with van der Waals surface area (Å²) in [6, 6.07) is 6.64. The third-order valence-corrected chi connectivity index (χ3v) is 8.30. The molecule has 1 N–H and O–H groups in total. The Balaban J connectivity index is 1.77. The molecule has 3 aliphatic rings. The van der Waals surface area contributed by atoms with Gasteiger partial charge in [-0.25, -0.2) is 0 Å². The van der Waals surface area contributed by atoms with E-state index < -0.39 is 0 Å². The van der Waals surface area contributed by atoms with Gasteiger partial charge < -0.3 is 14.6 Å². The van der Waals surface area contributed by atoms with E-state index in [1.165, 1.54) is 24.0 Å². The Morgan fingerprint density at radius 2 is 1.96 bits per heavy atom. The fourth-order valence-electron chi connectivity index (χ4n) is 6.92. The summed E-state index contributed by atoms with van der Waals surface area (Å²) in [7, 11) is 3.61. The first kappa shape index (κ1) is 18.3. The van der Waals surface area contributed by atoms with Crippen molar-refractivity contribution in [2.75, 3.05) is 14.2 Å². The van der Waals surface area contributed by atoms with E-state index in [1.807, 2.05) is 7.11 Å². The van der Waals surface area contributed by atoms with Crippen LogP contribution in [0.5, 0.6) is 5.75 Å². The van der Waals surface area contributed by atoms with Gasteiger partial charge in [0.2, 0.25) is 0 Å². The van der Waals surface area contributed by atoms with E-state index in [1.54, 1.807) is 7.11 Å². The summed E-state index contributed by atoms with van der Waals surface area (Å²) in [5, 5.41) is 11.1. The fraction of sp³-hybridized carbons (Fsp3) is 0.739. The second-order valence-electron chi connectivity index (χ2n) is 9.43. The van der Waals surface area contributed by atoms with Gasteiger partial charge in [0.25, 0.3) is 0 Å². The van der Waals surface area contributed by atoms with Gasteiger partial charge in [-0.1, -0.05) is 26.8 Å². The number of rotatable bonds is 3. The monoisotopic (exact) mass is 358 g/mol. The smallest absolute Gasteiger partial charge is 0.119 e. The Morgan fingerprint density at radius 3 is 2.62 bits per heavy atom. The van der Waals surface area contributed by atoms with Crippen LogP contribution in [-0.4, -0.2) is 31.0 Å². The lowest BCUT2D eigenvalue weighted by atomic mass is 9.52. The van der Waals surface area contributed by atoms with Crippen LogP contribution < -0.4 is 4.74 Å². The van der Waals surface area contributed by atoms with E-state index in [0.29, 0.717) is 23.7 Å². The number of fused-ring (bicyclic) bond motifs is 5. The van der Waals surface area contributed by atoms with E-state index in [9.17, 15) is 5.11 Å². The van der Waals surface area contributed by atoms with Gasteiger partial charge in [0.1, 0.15) is 5.75 Å². The molecular formula is C23H34O3. The third-order valence-electron chi connectivity index (χ3n) is 8.30. The minimum atomic E-state index is -0.256. The summed E-state index contributed by atoms with van der Waals surface area (Å²) in [4.78, 5) is 0. The number of aryl methyl sites for hydroxylation is 1. The molecular weight excluding hydrogens is 324 g/mol. The fourth-order valence-corrected chi connectivity index (χ4v) is 6.92. The SMILES string of the molecule is COc1ccc2c(c1)CC[C@@H]1[C@@H]2CC[C@]2(C)[C@@H](O)C[C@](OC)(C(C)C)[C@@H]12. The molecule has 0 radical (unpaired) electrons. The Hall–Kier alpha value is -1.06. The van der Waals surface area contributed by atoms with Crippen molar-refractivity contribution in [3.63, 3.8) is 0 Å². The lowest BCUT2D eigenvalue weighted by molar-refractivity contribution is -0.133. The van der Waals surface area contributed by atoms with Gasteiger partial charge in [-0.15, -0.1) is 0 Å². The lowest BCUT2D eigenvalue weighted by Gasteiger charge is -2.54. The molecule has 2 saturated carbocycles. The van der Waals surface area contributed by atoms with Gasteiger partial charge in [-0.05, 0) is 78.0 Å². The quantitative estimate of drug-likeness (QED) is 0.861. The largest absolute Gasteiger partial charge is 0.497 e. The Kier molecular flexibility index (Phi) is 4.39. The Bertz CT molecular complexity index is 684. The molecule has 2 fully saturated rings. The zero-order valence-corrected chi connectivity index (χ0v) is 16.9. The van der Waals surface area contributed by atoms with Crippen molar-refractivity contribution in [2.24, 2.45) is 23.2 Å². The number of methoxy groups -OCH3 is 2. The predicted octanol–water partition coefficient (Wildman–Crippen LogP) is 4.56. The van der Waals surface area contributed by atoms with Gasteiger partial charge >= 0.3 is 0 Å². The highest BCUT2D eigenvalue weighted by atomic mass is 16.5. The van der Waals surface area contributed by atoms with E-state index >= 15 is 0 Å². The van der Waals surface area contributed by atoms with E-state index in [4.69, 9.17) is 9.47 Å². The highest BCUT2D eigenvalue weighted by molar-refractivity contribution is 5.41. The number of aliphatic hydroxyl groups is 1. The van der Waals surface area contributed by atoms with Gasteiger partial charge in [0.15, 0.2) is 0 Å². The van der Waals surface area contributed by atoms with Crippen molar-refractivity contribution in [2.45, 2.75) is 70.5 Å². The first-order valence-electron chi connectivity index (χ1n) is 10.3. The maximum atomic E-state index is 11.1. The summed E-state index contributed by atoms with van der Waals surface area (Å²) in [5.74, 6) is 2.97. The molecule has 0 aromatic heterocycles. The summed E-state index contributed by atoms with van der Waals surface area (Å²) < 4.78 is 11.7. The second kappa shape index (κ2) is 6.24. The average Bonchev–Trinajstić information content (AvgIpc) is 2.89. The molecule has 0 bridgehead atoms. The molecule has 0 unspecified atom stereocenters. The number of hydrogen-bond acceptors (Lipinski definition) is 3. The molecule has 0 heterocycles. The standard InChI is InChI=1S/C23H34O3/c1-14(2)23(26-5)13-20(24)22(3)11-10-18-17-9-7-16(25-4)12-15(17)6-8-19(18)21(22)23/h7,9,12,14,18-21,24H,6,8,10-11,13H2,1-5H3/t18-,19-,20+,21+,22-,23+/m1/s1. The maximum absolute atomic E-state index is 11.1. The molecule has 144 valence electrons. The van der Waals surface area contributed by atoms with Crippen LogP contribution in [0.4, 0.5) is 0 Å². The van der Waals surface area contributed by atoms with Crippen molar-refractivity contribution >= 4 is 0 Å². The van der Waals surface area contributed by atoms with Crippen molar-refractivity contribution < 1.29 is 14.6 Å². The summed E-state index contributed by atoms with van der Waals surface area (Å²) in [6.45, 7) is 6.87. The molecule has 26 heavy (non-hydrogen) atoms. The van der Waals surface area contributed by atoms with Crippen LogP contribution in [0.25, 0.3) is 0 Å². The van der Waals surface area contributed by atoms with Crippen LogP contribution in [0.1, 0.15) is 63.5 Å². The van der Waals surface area contributed by atoms with Gasteiger partial charge in [-0.3, -0.25) is 0 Å². The predicted molar refractivity (Wildman–Crippen MR) is 104 cm³/mol. The van der Waals surface area contributed by atoms with Crippen LogP contribution in [0, 0.1) is 23.2 Å². The topological polar surface area (TPSA) is 38.7 Å². The lowest BCUT2D eigenvalue weighted by Crippen LogP contribution is -2.53. The van der Waals surface area contributed by atoms with Crippen LogP contribution in [-0.2, 0) is 11.2 Å². The normalized spacial score (nSPS) is 41.5. The number of benzene rings is 1. The van der Waals surface area contributed by atoms with Crippen molar-refractivity contribution in [1.29, 1.82) is 0 Å². The summed E-state index contributed by atoms with van der Waals surface area (Å²) in [6.07, 6.45) is 5.08. The first-order valence-corrected chi connectivity index (χ1v) is 10.3. The van der Waals surface area contributed by atoms with E-state index in [2.05, 4.69) is 39.0 Å². The Morgan fingerprint density at radius 1 is 1.19 bits per heavy atom. The Labute approximate surface area is 158 Å². The molecule has 3 aliphatic carbocycles. The highest BCUT2D eigenvalue weighted by Crippen LogP contribution is 2.66. The number of ether oxygens (including phenoxy) is 2. The van der Waals surface area contributed by atoms with Crippen molar-refractivity contribution in [1.82, 2.24) is 0 Å². The van der Waals surface area contributed by atoms with Crippen LogP contribution in [0.15, 0.2) is 18.2 Å². The molecule has 3 heteroatoms. The molecule has 0 saturated heterocycles. The minimum absolute atomic E-state index is 0.0224. The van der Waals surface area contributed by atoms with Gasteiger partial charge in [0, 0.05) is 13.5 Å². The zero-order valence-electron chi connectivity index (χ0n) is 16.9. The minimum Gasteiger partial charge on any atom is -0.497 e. The summed E-state index contributed by atoms with van der Waals surface area (Å²) in [5.41, 5.74) is 2.74. The molecule has 1 aromatic rings. The number of hydrogen-bond donors (Lipinski definition) is 1. The molecule has 0 spiro atoms. The average molecular weight is 359 g/mol.